The molecule has 0 fully saturated rings. The number of hydrogen-bond donors (Lipinski definition) is 0. The quantitative estimate of drug-likeness (QED) is 0.601. The van der Waals surface area contributed by atoms with Gasteiger partial charge in [-0.2, -0.15) is 5.26 Å². The van der Waals surface area contributed by atoms with Crippen molar-refractivity contribution >= 4 is 23.4 Å². The van der Waals surface area contributed by atoms with E-state index in [1.54, 1.807) is 0 Å². The summed E-state index contributed by atoms with van der Waals surface area (Å²) in [4.78, 5) is 0. The van der Waals surface area contributed by atoms with Gasteiger partial charge in [0.25, 0.3) is 0 Å². The molecule has 3 rings (SSSR count). The van der Waals surface area contributed by atoms with Crippen molar-refractivity contribution in [2.75, 3.05) is 5.75 Å². The number of hydrogen-bond acceptors (Lipinski definition) is 5. The van der Waals surface area contributed by atoms with Gasteiger partial charge in [0.15, 0.2) is 11.0 Å². The Hall–Kier alpha value is -2.49. The highest BCUT2D eigenvalue weighted by atomic mass is 35.5. The van der Waals surface area contributed by atoms with Crippen LogP contribution < -0.4 is 4.74 Å². The summed E-state index contributed by atoms with van der Waals surface area (Å²) < 4.78 is 7.76. The van der Waals surface area contributed by atoms with Gasteiger partial charge in [-0.1, -0.05) is 41.6 Å². The summed E-state index contributed by atoms with van der Waals surface area (Å²) in [7, 11) is 0. The first-order valence-electron chi connectivity index (χ1n) is 7.57. The van der Waals surface area contributed by atoms with Crippen LogP contribution in [0.15, 0.2) is 53.7 Å². The van der Waals surface area contributed by atoms with Crippen molar-refractivity contribution in [2.45, 2.75) is 18.7 Å². The van der Waals surface area contributed by atoms with E-state index in [-0.39, 0.29) is 6.61 Å². The van der Waals surface area contributed by atoms with Crippen LogP contribution in [-0.2, 0) is 6.61 Å². The summed E-state index contributed by atoms with van der Waals surface area (Å²) >= 11 is 7.39. The second-order valence-corrected chi connectivity index (χ2v) is 6.57. The molecule has 126 valence electrons. The standard InChI is InChI=1S/C18H15ClN4OS/c1-13-11-15(7-8-16(13)19)24-12-17-21-22-18(25-10-9-20)23(17)14-5-3-2-4-6-14/h2-8,11H,10,12H2,1H3. The molecule has 1 aromatic heterocycles. The van der Waals surface area contributed by atoms with Crippen LogP contribution >= 0.6 is 23.4 Å². The maximum atomic E-state index is 8.83. The number of thioether (sulfide) groups is 1. The fraction of sp³-hybridized carbons (Fsp3) is 0.167. The van der Waals surface area contributed by atoms with Gasteiger partial charge in [0, 0.05) is 10.7 Å². The zero-order chi connectivity index (χ0) is 17.6. The number of halogens is 1. The lowest BCUT2D eigenvalue weighted by molar-refractivity contribution is 0.292. The molecule has 0 aliphatic carbocycles. The summed E-state index contributed by atoms with van der Waals surface area (Å²) in [5.74, 6) is 1.69. The maximum Gasteiger partial charge on any atom is 0.196 e. The highest BCUT2D eigenvalue weighted by Crippen LogP contribution is 2.24. The number of rotatable bonds is 6. The fourth-order valence-electron chi connectivity index (χ4n) is 2.28. The number of ether oxygens (including phenoxy) is 1. The van der Waals surface area contributed by atoms with E-state index in [2.05, 4.69) is 16.3 Å². The molecule has 0 spiro atoms. The average Bonchev–Trinajstić information content (AvgIpc) is 3.04. The van der Waals surface area contributed by atoms with Gasteiger partial charge in [-0.05, 0) is 42.8 Å². The Morgan fingerprint density at radius 3 is 2.72 bits per heavy atom. The third kappa shape index (κ3) is 4.13. The van der Waals surface area contributed by atoms with E-state index in [0.29, 0.717) is 21.8 Å². The van der Waals surface area contributed by atoms with E-state index >= 15 is 0 Å². The van der Waals surface area contributed by atoms with Crippen molar-refractivity contribution in [2.24, 2.45) is 0 Å². The van der Waals surface area contributed by atoms with Crippen LogP contribution in [0.5, 0.6) is 5.75 Å². The lowest BCUT2D eigenvalue weighted by atomic mass is 10.2. The summed E-state index contributed by atoms with van der Waals surface area (Å²) in [5, 5.41) is 18.6. The molecule has 0 aliphatic rings. The normalized spacial score (nSPS) is 10.4. The number of aryl methyl sites for hydroxylation is 1. The van der Waals surface area contributed by atoms with Crippen LogP contribution in [0.1, 0.15) is 11.4 Å². The molecule has 0 aliphatic heterocycles. The Balaban J connectivity index is 1.86. The molecule has 0 saturated carbocycles. The van der Waals surface area contributed by atoms with Crippen LogP contribution in [0.4, 0.5) is 0 Å². The minimum absolute atomic E-state index is 0.260. The van der Waals surface area contributed by atoms with Gasteiger partial charge in [-0.3, -0.25) is 4.57 Å². The summed E-state index contributed by atoms with van der Waals surface area (Å²) in [6.45, 7) is 2.19. The number of nitriles is 1. The molecule has 0 amide bonds. The monoisotopic (exact) mass is 370 g/mol. The van der Waals surface area contributed by atoms with Gasteiger partial charge in [0.2, 0.25) is 0 Å². The minimum Gasteiger partial charge on any atom is -0.486 e. The Kier molecular flexibility index (Phi) is 5.59. The molecule has 0 unspecified atom stereocenters. The Bertz CT molecular complexity index is 905. The molecule has 0 atom stereocenters. The average molecular weight is 371 g/mol. The zero-order valence-corrected chi connectivity index (χ0v) is 15.1. The maximum absolute atomic E-state index is 8.83. The second-order valence-electron chi connectivity index (χ2n) is 5.22. The van der Waals surface area contributed by atoms with Crippen LogP contribution in [0.3, 0.4) is 0 Å². The summed E-state index contributed by atoms with van der Waals surface area (Å²) in [6, 6.07) is 17.4. The molecule has 2 aromatic carbocycles. The molecule has 25 heavy (non-hydrogen) atoms. The predicted molar refractivity (Wildman–Crippen MR) is 98.2 cm³/mol. The van der Waals surface area contributed by atoms with Gasteiger partial charge < -0.3 is 4.74 Å². The highest BCUT2D eigenvalue weighted by Gasteiger charge is 2.15. The van der Waals surface area contributed by atoms with Crippen molar-refractivity contribution < 1.29 is 4.74 Å². The smallest absolute Gasteiger partial charge is 0.196 e. The van der Waals surface area contributed by atoms with E-state index in [0.717, 1.165) is 17.0 Å². The molecule has 0 N–H and O–H groups in total. The minimum atomic E-state index is 0.260. The predicted octanol–water partition coefficient (Wildman–Crippen LogP) is 4.42. The van der Waals surface area contributed by atoms with Crippen LogP contribution in [0.25, 0.3) is 5.69 Å². The molecular weight excluding hydrogens is 356 g/mol. The largest absolute Gasteiger partial charge is 0.486 e. The van der Waals surface area contributed by atoms with Crippen LogP contribution in [-0.4, -0.2) is 20.5 Å². The molecule has 0 radical (unpaired) electrons. The molecule has 0 saturated heterocycles. The first kappa shape index (κ1) is 17.3. The van der Waals surface area contributed by atoms with Crippen molar-refractivity contribution in [3.8, 4) is 17.5 Å². The molecule has 0 bridgehead atoms. The van der Waals surface area contributed by atoms with Gasteiger partial charge in [0.1, 0.15) is 12.4 Å². The van der Waals surface area contributed by atoms with Gasteiger partial charge in [-0.25, -0.2) is 0 Å². The second kappa shape index (κ2) is 8.06. The third-order valence-corrected chi connectivity index (χ3v) is 4.70. The number of nitrogens with zero attached hydrogens (tertiary/aromatic N) is 4. The molecule has 7 heteroatoms. The van der Waals surface area contributed by atoms with Crippen LogP contribution in [0, 0.1) is 18.3 Å². The van der Waals surface area contributed by atoms with Crippen molar-refractivity contribution in [1.82, 2.24) is 14.8 Å². The molecule has 5 nitrogen and oxygen atoms in total. The molecule has 3 aromatic rings. The first-order chi connectivity index (χ1) is 12.2. The third-order valence-electron chi connectivity index (χ3n) is 3.48. The molecule has 1 heterocycles. The van der Waals surface area contributed by atoms with E-state index in [4.69, 9.17) is 21.6 Å². The summed E-state index contributed by atoms with van der Waals surface area (Å²) in [6.07, 6.45) is 0. The van der Waals surface area contributed by atoms with Gasteiger partial charge in [-0.15, -0.1) is 10.2 Å². The fourth-order valence-corrected chi connectivity index (χ4v) is 3.03. The SMILES string of the molecule is Cc1cc(OCc2nnc(SCC#N)n2-c2ccccc2)ccc1Cl. The topological polar surface area (TPSA) is 63.7 Å². The van der Waals surface area contributed by atoms with Crippen molar-refractivity contribution in [3.05, 3.63) is 64.9 Å². The van der Waals surface area contributed by atoms with E-state index in [9.17, 15) is 0 Å². The zero-order valence-electron chi connectivity index (χ0n) is 13.5. The number of benzene rings is 2. The van der Waals surface area contributed by atoms with E-state index in [1.807, 2.05) is 60.0 Å². The number of para-hydroxylation sites is 1. The van der Waals surface area contributed by atoms with Crippen molar-refractivity contribution in [3.63, 3.8) is 0 Å². The molecular formula is C18H15ClN4OS. The number of aromatic nitrogens is 3. The van der Waals surface area contributed by atoms with E-state index in [1.165, 1.54) is 11.8 Å². The Labute approximate surface area is 155 Å². The Morgan fingerprint density at radius 1 is 1.20 bits per heavy atom. The Morgan fingerprint density at radius 2 is 2.00 bits per heavy atom. The lowest BCUT2D eigenvalue weighted by Gasteiger charge is -2.11. The van der Waals surface area contributed by atoms with Crippen LogP contribution in [0.2, 0.25) is 5.02 Å². The first-order valence-corrected chi connectivity index (χ1v) is 8.94. The van der Waals surface area contributed by atoms with Gasteiger partial charge in [0.05, 0.1) is 11.8 Å². The lowest BCUT2D eigenvalue weighted by Crippen LogP contribution is -2.06. The highest BCUT2D eigenvalue weighted by molar-refractivity contribution is 7.99. The van der Waals surface area contributed by atoms with Crippen molar-refractivity contribution in [1.29, 1.82) is 5.26 Å². The van der Waals surface area contributed by atoms with E-state index < -0.39 is 0 Å². The summed E-state index contributed by atoms with van der Waals surface area (Å²) in [5.41, 5.74) is 1.88. The van der Waals surface area contributed by atoms with Gasteiger partial charge >= 0.3 is 0 Å².